The fraction of sp³-hybridized carbons (Fsp3) is 0. The summed E-state index contributed by atoms with van der Waals surface area (Å²) in [5.41, 5.74) is -0.0301. The fourth-order valence-electron chi connectivity index (χ4n) is 0.462. The van der Waals surface area contributed by atoms with Crippen molar-refractivity contribution in [2.45, 2.75) is 0 Å². The third kappa shape index (κ3) is 1.19. The maximum absolute atomic E-state index is 10.4. The topological polar surface area (TPSA) is 72.3 Å². The van der Waals surface area contributed by atoms with Gasteiger partial charge in [-0.25, -0.2) is 0 Å². The Hall–Kier alpha value is -1.65. The number of carbonyl (C=O) groups excluding carboxylic acids is 1. The van der Waals surface area contributed by atoms with Gasteiger partial charge >= 0.3 is 5.91 Å². The van der Waals surface area contributed by atoms with Crippen LogP contribution in [0.25, 0.3) is 0 Å². The van der Waals surface area contributed by atoms with Crippen molar-refractivity contribution < 1.29 is 4.79 Å². The Balaban J connectivity index is 2.95. The Bertz CT molecular complexity index is 246. The smallest absolute Gasteiger partial charge is 0.261 e. The predicted molar refractivity (Wildman–Crippen MR) is 32.2 cm³/mol. The first-order valence-electron chi connectivity index (χ1n) is 2.50. The second-order valence-corrected chi connectivity index (χ2v) is 1.51. The molecule has 0 spiro atoms. The molecule has 0 radical (unpaired) electrons. The van der Waals surface area contributed by atoms with Gasteiger partial charge in [0.25, 0.3) is 0 Å². The van der Waals surface area contributed by atoms with E-state index in [4.69, 9.17) is 0 Å². The number of carbonyl (C=O) groups is 1. The minimum absolute atomic E-state index is 0.0301. The Labute approximate surface area is 56.1 Å². The molecule has 0 unspecified atom stereocenters. The van der Waals surface area contributed by atoms with Crippen molar-refractivity contribution in [3.05, 3.63) is 28.9 Å². The molecule has 50 valence electrons. The van der Waals surface area contributed by atoms with E-state index in [-0.39, 0.29) is 5.69 Å². The van der Waals surface area contributed by atoms with Crippen LogP contribution in [-0.4, -0.2) is 16.1 Å². The van der Waals surface area contributed by atoms with E-state index in [0.717, 1.165) is 0 Å². The van der Waals surface area contributed by atoms with Gasteiger partial charge in [-0.15, -0.1) is 10.0 Å². The van der Waals surface area contributed by atoms with Gasteiger partial charge in [-0.1, -0.05) is 0 Å². The van der Waals surface area contributed by atoms with Crippen molar-refractivity contribution in [1.29, 1.82) is 0 Å². The van der Waals surface area contributed by atoms with Gasteiger partial charge in [0.15, 0.2) is 5.69 Å². The molecule has 0 N–H and O–H groups in total. The molecule has 1 rings (SSSR count). The lowest BCUT2D eigenvalue weighted by Crippen LogP contribution is -1.97. The van der Waals surface area contributed by atoms with Gasteiger partial charge in [0, 0.05) is 11.4 Å². The van der Waals surface area contributed by atoms with E-state index < -0.39 is 5.91 Å². The zero-order valence-corrected chi connectivity index (χ0v) is 4.89. The van der Waals surface area contributed by atoms with Crippen LogP contribution in [0.5, 0.6) is 0 Å². The van der Waals surface area contributed by atoms with Crippen LogP contribution in [-0.2, 0) is 0 Å². The summed E-state index contributed by atoms with van der Waals surface area (Å²) in [6, 6.07) is 2.88. The van der Waals surface area contributed by atoms with Crippen LogP contribution in [0.2, 0.25) is 0 Å². The highest BCUT2D eigenvalue weighted by atomic mass is 16.3. The van der Waals surface area contributed by atoms with E-state index in [2.05, 4.69) is 15.4 Å². The lowest BCUT2D eigenvalue weighted by atomic mass is 10.4. The van der Waals surface area contributed by atoms with E-state index >= 15 is 0 Å². The first-order valence-corrected chi connectivity index (χ1v) is 2.50. The molecule has 1 aromatic rings. The normalized spacial score (nSPS) is 8.80. The van der Waals surface area contributed by atoms with Crippen LogP contribution < -0.4 is 0 Å². The number of nitroso groups, excluding NO2 is 1. The summed E-state index contributed by atoms with van der Waals surface area (Å²) < 4.78 is 0. The second-order valence-electron chi connectivity index (χ2n) is 1.51. The highest BCUT2D eigenvalue weighted by Crippen LogP contribution is 1.92. The highest BCUT2D eigenvalue weighted by Gasteiger charge is 2.04. The Morgan fingerprint density at radius 1 is 1.60 bits per heavy atom. The number of rotatable bonds is 1. The predicted octanol–water partition coefficient (Wildman–Crippen LogP) is 0.383. The third-order valence-corrected chi connectivity index (χ3v) is 0.874. The molecule has 10 heavy (non-hydrogen) atoms. The molecule has 5 nitrogen and oxygen atoms in total. The maximum atomic E-state index is 10.4. The molecule has 0 atom stereocenters. The van der Waals surface area contributed by atoms with Crippen molar-refractivity contribution in [3.8, 4) is 0 Å². The van der Waals surface area contributed by atoms with E-state index in [1.165, 1.54) is 18.3 Å². The standard InChI is InChI=1S/C5H3N3O2/c9-5(8-10)4-2-1-3-6-7-4/h1-3H. The van der Waals surface area contributed by atoms with Gasteiger partial charge in [0.05, 0.1) is 0 Å². The number of aromatic nitrogens is 2. The minimum Gasteiger partial charge on any atom is -0.261 e. The minimum atomic E-state index is -0.895. The van der Waals surface area contributed by atoms with Crippen molar-refractivity contribution in [3.63, 3.8) is 0 Å². The average molecular weight is 137 g/mol. The molecule has 0 aliphatic heterocycles. The third-order valence-electron chi connectivity index (χ3n) is 0.874. The van der Waals surface area contributed by atoms with Crippen LogP contribution >= 0.6 is 0 Å². The average Bonchev–Trinajstić information content (AvgIpc) is 2.05. The summed E-state index contributed by atoms with van der Waals surface area (Å²) in [6.45, 7) is 0. The first kappa shape index (κ1) is 6.47. The van der Waals surface area contributed by atoms with E-state index in [9.17, 15) is 9.70 Å². The van der Waals surface area contributed by atoms with Crippen LogP contribution in [0.3, 0.4) is 0 Å². The quantitative estimate of drug-likeness (QED) is 0.524. The van der Waals surface area contributed by atoms with E-state index in [1.54, 1.807) is 0 Å². The van der Waals surface area contributed by atoms with E-state index in [1.807, 2.05) is 0 Å². The Kier molecular flexibility index (Phi) is 1.79. The monoisotopic (exact) mass is 137 g/mol. The molecule has 1 heterocycles. The number of hydrogen-bond acceptors (Lipinski definition) is 4. The van der Waals surface area contributed by atoms with Crippen molar-refractivity contribution in [2.75, 3.05) is 0 Å². The van der Waals surface area contributed by atoms with Gasteiger partial charge < -0.3 is 0 Å². The van der Waals surface area contributed by atoms with Gasteiger partial charge in [0.1, 0.15) is 0 Å². The van der Waals surface area contributed by atoms with Crippen LogP contribution in [0.1, 0.15) is 10.5 Å². The SMILES string of the molecule is O=NC(=O)c1cccnn1. The summed E-state index contributed by atoms with van der Waals surface area (Å²) in [5.74, 6) is -0.895. The molecule has 0 aliphatic rings. The molecular formula is C5H3N3O2. The lowest BCUT2D eigenvalue weighted by molar-refractivity contribution is 0.0995. The highest BCUT2D eigenvalue weighted by molar-refractivity contribution is 5.92. The van der Waals surface area contributed by atoms with Crippen LogP contribution in [0.15, 0.2) is 23.5 Å². The molecule has 1 amide bonds. The summed E-state index contributed by atoms with van der Waals surface area (Å²) in [4.78, 5) is 20.1. The summed E-state index contributed by atoms with van der Waals surface area (Å²) in [7, 11) is 0. The molecule has 0 fully saturated rings. The number of hydrogen-bond donors (Lipinski definition) is 0. The number of nitrogens with zero attached hydrogens (tertiary/aromatic N) is 3. The Morgan fingerprint density at radius 3 is 2.90 bits per heavy atom. The van der Waals surface area contributed by atoms with Crippen LogP contribution in [0, 0.1) is 4.91 Å². The fourth-order valence-corrected chi connectivity index (χ4v) is 0.462. The molecule has 0 aromatic carbocycles. The van der Waals surface area contributed by atoms with Crippen molar-refractivity contribution >= 4 is 5.91 Å². The molecule has 0 aliphatic carbocycles. The van der Waals surface area contributed by atoms with Gasteiger partial charge in [-0.2, -0.15) is 5.10 Å². The van der Waals surface area contributed by atoms with Crippen molar-refractivity contribution in [2.24, 2.45) is 5.18 Å². The maximum Gasteiger partial charge on any atom is 0.336 e. The summed E-state index contributed by atoms with van der Waals surface area (Å²) in [6.07, 6.45) is 1.40. The van der Waals surface area contributed by atoms with Gasteiger partial charge in [0.2, 0.25) is 0 Å². The molecular weight excluding hydrogens is 134 g/mol. The first-order chi connectivity index (χ1) is 4.84. The Morgan fingerprint density at radius 2 is 2.40 bits per heavy atom. The molecule has 0 saturated carbocycles. The van der Waals surface area contributed by atoms with Crippen LogP contribution in [0.4, 0.5) is 0 Å². The second kappa shape index (κ2) is 2.77. The summed E-state index contributed by atoms with van der Waals surface area (Å²) in [5, 5.41) is 8.91. The zero-order valence-electron chi connectivity index (χ0n) is 4.89. The van der Waals surface area contributed by atoms with Crippen molar-refractivity contribution in [1.82, 2.24) is 10.2 Å². The largest absolute Gasteiger partial charge is 0.336 e. The molecule has 0 bridgehead atoms. The number of amides is 1. The molecule has 5 heteroatoms. The lowest BCUT2D eigenvalue weighted by Gasteiger charge is -1.85. The zero-order chi connectivity index (χ0) is 7.40. The summed E-state index contributed by atoms with van der Waals surface area (Å²) >= 11 is 0. The molecule has 1 aromatic heterocycles. The van der Waals surface area contributed by atoms with E-state index in [0.29, 0.717) is 0 Å². The van der Waals surface area contributed by atoms with Gasteiger partial charge in [-0.3, -0.25) is 4.79 Å². The molecule has 0 saturated heterocycles. The van der Waals surface area contributed by atoms with Gasteiger partial charge in [-0.05, 0) is 12.1 Å².